The maximum Gasteiger partial charge on any atom is 0.278 e. The number of hydrogen-bond donors (Lipinski definition) is 1. The highest BCUT2D eigenvalue weighted by Crippen LogP contribution is 2.45. The summed E-state index contributed by atoms with van der Waals surface area (Å²) < 4.78 is 10.5. The van der Waals surface area contributed by atoms with Crippen molar-refractivity contribution in [1.82, 2.24) is 5.06 Å². The van der Waals surface area contributed by atoms with E-state index in [1.54, 1.807) is 21.0 Å². The van der Waals surface area contributed by atoms with Crippen molar-refractivity contribution in [3.63, 3.8) is 0 Å². The van der Waals surface area contributed by atoms with Gasteiger partial charge in [0.1, 0.15) is 11.3 Å². The van der Waals surface area contributed by atoms with E-state index >= 15 is 0 Å². The Bertz CT molecular complexity index is 590. The van der Waals surface area contributed by atoms with Crippen LogP contribution in [0.2, 0.25) is 0 Å². The number of aliphatic hydroxyl groups is 1. The zero-order valence-corrected chi connectivity index (χ0v) is 14.5. The highest BCUT2D eigenvalue weighted by molar-refractivity contribution is 5.98. The topological polar surface area (TPSA) is 68.2 Å². The van der Waals surface area contributed by atoms with E-state index in [-0.39, 0.29) is 24.4 Å². The summed E-state index contributed by atoms with van der Waals surface area (Å²) in [5, 5.41) is 11.9. The standard InChI is InChI=1S/C17H25NO5/c1-11-8-7-9-17(4,22-6)13(11)12-14(19)16(2,3)18(15(12)20)23-10-21-5/h7-9,13,19H,10H2,1-6H3. The molecule has 1 N–H and O–H groups in total. The molecule has 0 aromatic carbocycles. The Hall–Kier alpha value is -1.63. The van der Waals surface area contributed by atoms with Gasteiger partial charge in [-0.05, 0) is 27.7 Å². The normalized spacial score (nSPS) is 30.2. The molecule has 1 heterocycles. The van der Waals surface area contributed by atoms with Gasteiger partial charge in [-0.25, -0.2) is 9.90 Å². The molecule has 2 atom stereocenters. The van der Waals surface area contributed by atoms with Crippen molar-refractivity contribution in [3.8, 4) is 0 Å². The lowest BCUT2D eigenvalue weighted by molar-refractivity contribution is -0.239. The first-order chi connectivity index (χ1) is 10.7. The monoisotopic (exact) mass is 323 g/mol. The highest BCUT2D eigenvalue weighted by atomic mass is 16.8. The molecule has 2 unspecified atom stereocenters. The summed E-state index contributed by atoms with van der Waals surface area (Å²) in [4.78, 5) is 18.3. The van der Waals surface area contributed by atoms with E-state index in [4.69, 9.17) is 14.3 Å². The number of nitrogens with zero attached hydrogens (tertiary/aromatic N) is 1. The number of hydroxylamine groups is 2. The largest absolute Gasteiger partial charge is 0.509 e. The van der Waals surface area contributed by atoms with Crippen molar-refractivity contribution in [2.24, 2.45) is 5.92 Å². The molecule has 2 aliphatic rings. The Morgan fingerprint density at radius 3 is 2.52 bits per heavy atom. The number of hydrogen-bond acceptors (Lipinski definition) is 5. The fourth-order valence-electron chi connectivity index (χ4n) is 3.21. The van der Waals surface area contributed by atoms with Gasteiger partial charge in [-0.15, -0.1) is 0 Å². The van der Waals surface area contributed by atoms with E-state index in [1.807, 2.05) is 32.1 Å². The number of carbonyl (C=O) groups is 1. The van der Waals surface area contributed by atoms with Crippen LogP contribution in [-0.4, -0.2) is 48.2 Å². The number of ether oxygens (including phenoxy) is 2. The SMILES string of the molecule is COCON1C(=O)C(C2C(C)=CC=CC2(C)OC)=C(O)C1(C)C. The molecule has 2 rings (SSSR count). The molecule has 6 nitrogen and oxygen atoms in total. The Morgan fingerprint density at radius 2 is 1.96 bits per heavy atom. The summed E-state index contributed by atoms with van der Waals surface area (Å²) in [5.74, 6) is -0.767. The second kappa shape index (κ2) is 6.11. The Balaban J connectivity index is 2.49. The van der Waals surface area contributed by atoms with Crippen LogP contribution in [0.15, 0.2) is 35.1 Å². The number of aliphatic hydroxyl groups excluding tert-OH is 1. The summed E-state index contributed by atoms with van der Waals surface area (Å²) in [7, 11) is 3.07. The summed E-state index contributed by atoms with van der Waals surface area (Å²) in [6, 6.07) is 0. The van der Waals surface area contributed by atoms with Crippen LogP contribution in [0.5, 0.6) is 0 Å². The van der Waals surface area contributed by atoms with Crippen LogP contribution in [0.25, 0.3) is 0 Å². The Morgan fingerprint density at radius 1 is 1.30 bits per heavy atom. The van der Waals surface area contributed by atoms with E-state index in [9.17, 15) is 9.90 Å². The Kier molecular flexibility index (Phi) is 4.71. The molecule has 0 aromatic rings. The summed E-state index contributed by atoms with van der Waals surface area (Å²) in [6.45, 7) is 7.20. The van der Waals surface area contributed by atoms with Gasteiger partial charge in [-0.3, -0.25) is 4.79 Å². The molecule has 0 saturated heterocycles. The quantitative estimate of drug-likeness (QED) is 0.787. The maximum absolute atomic E-state index is 12.9. The lowest BCUT2D eigenvalue weighted by Gasteiger charge is -2.37. The van der Waals surface area contributed by atoms with Gasteiger partial charge >= 0.3 is 0 Å². The summed E-state index contributed by atoms with van der Waals surface area (Å²) in [5.41, 5.74) is -0.448. The lowest BCUT2D eigenvalue weighted by Crippen LogP contribution is -2.45. The number of carbonyl (C=O) groups excluding carboxylic acids is 1. The third kappa shape index (κ3) is 2.71. The Labute approximate surface area is 137 Å². The zero-order chi connectivity index (χ0) is 17.4. The molecule has 1 aliphatic heterocycles. The maximum atomic E-state index is 12.9. The van der Waals surface area contributed by atoms with Gasteiger partial charge in [0.25, 0.3) is 5.91 Å². The first-order valence-electron chi connectivity index (χ1n) is 7.52. The van der Waals surface area contributed by atoms with Gasteiger partial charge in [0, 0.05) is 20.1 Å². The van der Waals surface area contributed by atoms with E-state index < -0.39 is 11.1 Å². The van der Waals surface area contributed by atoms with Gasteiger partial charge in [0.15, 0.2) is 6.79 Å². The molecule has 23 heavy (non-hydrogen) atoms. The van der Waals surface area contributed by atoms with Crippen molar-refractivity contribution in [2.45, 2.75) is 38.8 Å². The van der Waals surface area contributed by atoms with Crippen LogP contribution in [0.3, 0.4) is 0 Å². The predicted octanol–water partition coefficient (Wildman–Crippen LogP) is 2.49. The molecule has 0 fully saturated rings. The van der Waals surface area contributed by atoms with E-state index in [2.05, 4.69) is 0 Å². The molecule has 0 spiro atoms. The summed E-state index contributed by atoms with van der Waals surface area (Å²) in [6.07, 6.45) is 5.71. The summed E-state index contributed by atoms with van der Waals surface area (Å²) >= 11 is 0. The molecule has 0 radical (unpaired) electrons. The van der Waals surface area contributed by atoms with Gasteiger partial charge < -0.3 is 14.6 Å². The first-order valence-corrected chi connectivity index (χ1v) is 7.52. The highest BCUT2D eigenvalue weighted by Gasteiger charge is 2.53. The third-order valence-corrected chi connectivity index (χ3v) is 4.60. The molecular weight excluding hydrogens is 298 g/mol. The molecular formula is C17H25NO5. The molecule has 6 heteroatoms. The van der Waals surface area contributed by atoms with Crippen molar-refractivity contribution >= 4 is 5.91 Å². The second-order valence-electron chi connectivity index (χ2n) is 6.55. The minimum absolute atomic E-state index is 0.00470. The molecule has 1 amide bonds. The smallest absolute Gasteiger partial charge is 0.278 e. The van der Waals surface area contributed by atoms with Crippen molar-refractivity contribution in [2.75, 3.05) is 21.0 Å². The fraction of sp³-hybridized carbons (Fsp3) is 0.588. The van der Waals surface area contributed by atoms with Crippen LogP contribution in [0.1, 0.15) is 27.7 Å². The molecule has 0 aromatic heterocycles. The van der Waals surface area contributed by atoms with Gasteiger partial charge in [-0.2, -0.15) is 0 Å². The second-order valence-corrected chi connectivity index (χ2v) is 6.55. The fourth-order valence-corrected chi connectivity index (χ4v) is 3.21. The van der Waals surface area contributed by atoms with Gasteiger partial charge in [0.2, 0.25) is 0 Å². The zero-order valence-electron chi connectivity index (χ0n) is 14.5. The van der Waals surface area contributed by atoms with Crippen LogP contribution in [0.4, 0.5) is 0 Å². The molecule has 0 saturated carbocycles. The number of amides is 1. The number of rotatable bonds is 5. The third-order valence-electron chi connectivity index (χ3n) is 4.60. The van der Waals surface area contributed by atoms with Gasteiger partial charge in [0.05, 0.1) is 11.2 Å². The van der Waals surface area contributed by atoms with E-state index in [1.165, 1.54) is 12.2 Å². The van der Waals surface area contributed by atoms with Crippen LogP contribution in [-0.2, 0) is 19.1 Å². The van der Waals surface area contributed by atoms with E-state index in [0.717, 1.165) is 5.57 Å². The van der Waals surface area contributed by atoms with Crippen molar-refractivity contribution in [1.29, 1.82) is 0 Å². The molecule has 0 bridgehead atoms. The van der Waals surface area contributed by atoms with Crippen LogP contribution < -0.4 is 0 Å². The minimum Gasteiger partial charge on any atom is -0.509 e. The van der Waals surface area contributed by atoms with E-state index in [0.29, 0.717) is 5.57 Å². The average Bonchev–Trinajstić information content (AvgIpc) is 2.65. The predicted molar refractivity (Wildman–Crippen MR) is 85.3 cm³/mol. The molecule has 1 aliphatic carbocycles. The van der Waals surface area contributed by atoms with Crippen LogP contribution in [0, 0.1) is 5.92 Å². The average molecular weight is 323 g/mol. The van der Waals surface area contributed by atoms with Crippen molar-refractivity contribution in [3.05, 3.63) is 35.1 Å². The molecule has 128 valence electrons. The first kappa shape index (κ1) is 17.7. The van der Waals surface area contributed by atoms with Crippen molar-refractivity contribution < 1.29 is 24.2 Å². The lowest BCUT2D eigenvalue weighted by atomic mass is 9.74. The minimum atomic E-state index is -0.971. The van der Waals surface area contributed by atoms with Crippen LogP contribution >= 0.6 is 0 Å². The number of methoxy groups -OCH3 is 2. The van der Waals surface area contributed by atoms with Gasteiger partial charge in [-0.1, -0.05) is 23.8 Å². The number of allylic oxidation sites excluding steroid dienone is 2.